The molecule has 2 heterocycles. The first kappa shape index (κ1) is 21.2. The standard InChI is InChI=1S/C9H9NO5.C7H7NO4/c1-5(11)15-8-6(14-2)3-4-10-7(8)9(12)13;1-12-4-2-3-8-5(6(4)9)7(10)11/h3-4H,1-2H3,(H,12,13);2-3,9H,1H3,(H,10,11). The highest BCUT2D eigenvalue weighted by Crippen LogP contribution is 2.29. The van der Waals surface area contributed by atoms with Crippen molar-refractivity contribution in [3.8, 4) is 23.0 Å². The maximum absolute atomic E-state index is 10.8. The lowest BCUT2D eigenvalue weighted by atomic mass is 10.3. The Morgan fingerprint density at radius 1 is 0.889 bits per heavy atom. The van der Waals surface area contributed by atoms with Crippen molar-refractivity contribution in [2.75, 3.05) is 14.2 Å². The van der Waals surface area contributed by atoms with E-state index in [0.717, 1.165) is 6.92 Å². The normalized spacial score (nSPS) is 9.44. The van der Waals surface area contributed by atoms with Crippen LogP contribution in [0.3, 0.4) is 0 Å². The third-order valence-electron chi connectivity index (χ3n) is 2.85. The molecule has 0 spiro atoms. The van der Waals surface area contributed by atoms with Crippen LogP contribution in [0.5, 0.6) is 23.0 Å². The smallest absolute Gasteiger partial charge is 0.358 e. The highest BCUT2D eigenvalue weighted by molar-refractivity contribution is 5.91. The molecule has 0 aliphatic rings. The van der Waals surface area contributed by atoms with Crippen LogP contribution in [0.4, 0.5) is 0 Å². The number of carboxylic acids is 2. The summed E-state index contributed by atoms with van der Waals surface area (Å²) in [5.41, 5.74) is -0.765. The van der Waals surface area contributed by atoms with Crippen molar-refractivity contribution < 1.29 is 43.9 Å². The largest absolute Gasteiger partial charge is 0.503 e. The van der Waals surface area contributed by atoms with Crippen LogP contribution in [0.15, 0.2) is 24.5 Å². The summed E-state index contributed by atoms with van der Waals surface area (Å²) < 4.78 is 14.3. The van der Waals surface area contributed by atoms with Gasteiger partial charge in [-0.15, -0.1) is 0 Å². The molecule has 0 saturated carbocycles. The molecule has 0 aromatic carbocycles. The average molecular weight is 380 g/mol. The van der Waals surface area contributed by atoms with Crippen LogP contribution in [0.25, 0.3) is 0 Å². The van der Waals surface area contributed by atoms with Crippen LogP contribution >= 0.6 is 0 Å². The van der Waals surface area contributed by atoms with E-state index in [-0.39, 0.29) is 22.9 Å². The van der Waals surface area contributed by atoms with E-state index in [4.69, 9.17) is 19.7 Å². The van der Waals surface area contributed by atoms with Crippen molar-refractivity contribution in [2.24, 2.45) is 0 Å². The van der Waals surface area contributed by atoms with Gasteiger partial charge in [0.25, 0.3) is 0 Å². The summed E-state index contributed by atoms with van der Waals surface area (Å²) in [6.45, 7) is 1.16. The molecular weight excluding hydrogens is 364 g/mol. The van der Waals surface area contributed by atoms with Gasteiger partial charge in [0.05, 0.1) is 14.2 Å². The van der Waals surface area contributed by atoms with Crippen molar-refractivity contribution in [2.45, 2.75) is 6.92 Å². The van der Waals surface area contributed by atoms with Gasteiger partial charge >= 0.3 is 17.9 Å². The van der Waals surface area contributed by atoms with Crippen LogP contribution in [0, 0.1) is 0 Å². The molecule has 2 aromatic rings. The first-order valence-electron chi connectivity index (χ1n) is 7.12. The minimum Gasteiger partial charge on any atom is -0.503 e. The molecule has 0 aliphatic heterocycles. The molecule has 2 aromatic heterocycles. The van der Waals surface area contributed by atoms with Gasteiger partial charge in [0.15, 0.2) is 28.6 Å². The third-order valence-corrected chi connectivity index (χ3v) is 2.85. The third kappa shape index (κ3) is 5.56. The van der Waals surface area contributed by atoms with Crippen molar-refractivity contribution in [1.29, 1.82) is 0 Å². The Hall–Kier alpha value is -3.89. The maximum atomic E-state index is 10.8. The number of hydrogen-bond donors (Lipinski definition) is 3. The number of methoxy groups -OCH3 is 2. The van der Waals surface area contributed by atoms with Crippen molar-refractivity contribution in [3.63, 3.8) is 0 Å². The molecule has 11 heteroatoms. The Bertz CT molecular complexity index is 852. The van der Waals surface area contributed by atoms with Gasteiger partial charge in [-0.1, -0.05) is 0 Å². The number of carboxylic acid groups (broad SMARTS) is 2. The van der Waals surface area contributed by atoms with Crippen LogP contribution in [0.1, 0.15) is 27.9 Å². The number of aromatic nitrogens is 2. The molecule has 27 heavy (non-hydrogen) atoms. The monoisotopic (exact) mass is 380 g/mol. The first-order chi connectivity index (χ1) is 12.7. The highest BCUT2D eigenvalue weighted by atomic mass is 16.6. The summed E-state index contributed by atoms with van der Waals surface area (Å²) in [5.74, 6) is -3.59. The number of aromatic hydroxyl groups is 1. The summed E-state index contributed by atoms with van der Waals surface area (Å²) in [4.78, 5) is 39.0. The quantitative estimate of drug-likeness (QED) is 0.638. The number of aromatic carboxylic acids is 2. The topological polar surface area (TPSA) is 165 Å². The summed E-state index contributed by atoms with van der Waals surface area (Å²) >= 11 is 0. The van der Waals surface area contributed by atoms with E-state index in [2.05, 4.69) is 14.7 Å². The number of hydrogen-bond acceptors (Lipinski definition) is 9. The predicted molar refractivity (Wildman–Crippen MR) is 88.5 cm³/mol. The van der Waals surface area contributed by atoms with Gasteiger partial charge in [-0.05, 0) is 0 Å². The SMILES string of the molecule is COc1ccnc(C(=O)O)c1O.COc1ccnc(C(=O)O)c1OC(C)=O. The van der Waals surface area contributed by atoms with E-state index >= 15 is 0 Å². The molecule has 3 N–H and O–H groups in total. The van der Waals surface area contributed by atoms with E-state index in [0.29, 0.717) is 0 Å². The minimum atomic E-state index is -1.29. The molecule has 144 valence electrons. The lowest BCUT2D eigenvalue weighted by Crippen LogP contribution is -2.10. The molecular formula is C16H16N2O9. The van der Waals surface area contributed by atoms with Gasteiger partial charge in [-0.2, -0.15) is 0 Å². The Balaban J connectivity index is 0.000000277. The fraction of sp³-hybridized carbons (Fsp3) is 0.188. The van der Waals surface area contributed by atoms with Crippen LogP contribution in [-0.2, 0) is 4.79 Å². The van der Waals surface area contributed by atoms with E-state index < -0.39 is 29.4 Å². The minimum absolute atomic E-state index is 0.0994. The second-order valence-corrected chi connectivity index (χ2v) is 4.61. The summed E-state index contributed by atoms with van der Waals surface area (Å²) in [6.07, 6.45) is 2.51. The molecule has 0 aliphatic carbocycles. The van der Waals surface area contributed by atoms with Gasteiger partial charge in [-0.3, -0.25) is 4.79 Å². The second kappa shape index (κ2) is 9.56. The van der Waals surface area contributed by atoms with E-state index in [1.807, 2.05) is 0 Å². The molecule has 0 amide bonds. The lowest BCUT2D eigenvalue weighted by molar-refractivity contribution is -0.132. The van der Waals surface area contributed by atoms with E-state index in [1.165, 1.54) is 38.7 Å². The molecule has 2 rings (SSSR count). The predicted octanol–water partition coefficient (Wildman–Crippen LogP) is 1.21. The Labute approximate surface area is 152 Å². The summed E-state index contributed by atoms with van der Waals surface area (Å²) in [5, 5.41) is 26.5. The van der Waals surface area contributed by atoms with E-state index in [9.17, 15) is 19.5 Å². The van der Waals surface area contributed by atoms with Gasteiger partial charge in [0.2, 0.25) is 5.75 Å². The summed E-state index contributed by atoms with van der Waals surface area (Å²) in [6, 6.07) is 2.78. The Kier molecular flexibility index (Phi) is 7.49. The van der Waals surface area contributed by atoms with Crippen LogP contribution in [0.2, 0.25) is 0 Å². The molecule has 0 unspecified atom stereocenters. The molecule has 0 radical (unpaired) electrons. The van der Waals surface area contributed by atoms with Gasteiger partial charge in [0, 0.05) is 31.5 Å². The molecule has 0 atom stereocenters. The number of rotatable bonds is 5. The molecule has 0 saturated heterocycles. The van der Waals surface area contributed by atoms with Crippen molar-refractivity contribution in [3.05, 3.63) is 35.9 Å². The zero-order chi connectivity index (χ0) is 20.6. The zero-order valence-corrected chi connectivity index (χ0v) is 14.5. The number of carbonyl (C=O) groups excluding carboxylic acids is 1. The van der Waals surface area contributed by atoms with Crippen LogP contribution in [-0.4, -0.2) is 57.4 Å². The maximum Gasteiger partial charge on any atom is 0.358 e. The molecule has 0 fully saturated rings. The number of ether oxygens (including phenoxy) is 3. The van der Waals surface area contributed by atoms with Gasteiger partial charge in [-0.25, -0.2) is 19.6 Å². The zero-order valence-electron chi connectivity index (χ0n) is 14.5. The van der Waals surface area contributed by atoms with Crippen molar-refractivity contribution >= 4 is 17.9 Å². The molecule has 11 nitrogen and oxygen atoms in total. The molecule has 0 bridgehead atoms. The average Bonchev–Trinajstić information content (AvgIpc) is 2.61. The Morgan fingerprint density at radius 3 is 1.81 bits per heavy atom. The lowest BCUT2D eigenvalue weighted by Gasteiger charge is -2.08. The Morgan fingerprint density at radius 2 is 1.37 bits per heavy atom. The number of carbonyl (C=O) groups is 3. The fourth-order valence-corrected chi connectivity index (χ4v) is 1.74. The number of esters is 1. The highest BCUT2D eigenvalue weighted by Gasteiger charge is 2.19. The number of pyridine rings is 2. The van der Waals surface area contributed by atoms with Gasteiger partial charge < -0.3 is 29.5 Å². The summed E-state index contributed by atoms with van der Waals surface area (Å²) in [7, 11) is 2.68. The number of nitrogens with zero attached hydrogens (tertiary/aromatic N) is 2. The second-order valence-electron chi connectivity index (χ2n) is 4.61. The van der Waals surface area contributed by atoms with E-state index in [1.54, 1.807) is 0 Å². The first-order valence-corrected chi connectivity index (χ1v) is 7.12. The van der Waals surface area contributed by atoms with Crippen molar-refractivity contribution in [1.82, 2.24) is 9.97 Å². The fourth-order valence-electron chi connectivity index (χ4n) is 1.74. The van der Waals surface area contributed by atoms with Crippen LogP contribution < -0.4 is 14.2 Å². The van der Waals surface area contributed by atoms with Gasteiger partial charge in [0.1, 0.15) is 0 Å².